The first-order valence-electron chi connectivity index (χ1n) is 8.91. The fourth-order valence-corrected chi connectivity index (χ4v) is 2.64. The van der Waals surface area contributed by atoms with Gasteiger partial charge in [0.2, 0.25) is 0 Å². The smallest absolute Gasteiger partial charge is 0.325 e. The van der Waals surface area contributed by atoms with E-state index in [1.807, 2.05) is 42.5 Å². The van der Waals surface area contributed by atoms with E-state index in [4.69, 9.17) is 4.74 Å². The van der Waals surface area contributed by atoms with Crippen molar-refractivity contribution in [2.45, 2.75) is 0 Å². The minimum absolute atomic E-state index is 0.0902. The molecule has 0 aliphatic rings. The molecule has 0 radical (unpaired) electrons. The van der Waals surface area contributed by atoms with E-state index in [1.54, 1.807) is 12.1 Å². The molecular weight excluding hydrogens is 373 g/mol. The monoisotopic (exact) mass is 391 g/mol. The molecule has 3 aromatic rings. The molecule has 0 saturated heterocycles. The SMILES string of the molecule is O=C(CNC(=O)c1cccc(F)c1)OCC(=O)c1ccc(-c2ccccc2)cc1. The average molecular weight is 391 g/mol. The molecule has 0 spiro atoms. The van der Waals surface area contributed by atoms with Crippen LogP contribution in [0.15, 0.2) is 78.9 Å². The summed E-state index contributed by atoms with van der Waals surface area (Å²) >= 11 is 0. The number of ketones is 1. The lowest BCUT2D eigenvalue weighted by Crippen LogP contribution is -2.31. The van der Waals surface area contributed by atoms with Crippen LogP contribution >= 0.6 is 0 Å². The van der Waals surface area contributed by atoms with E-state index in [0.29, 0.717) is 5.56 Å². The standard InChI is InChI=1S/C23H18FNO4/c24-20-8-4-7-19(13-20)23(28)25-14-22(27)29-15-21(26)18-11-9-17(10-12-18)16-5-2-1-3-6-16/h1-13H,14-15H2,(H,25,28). The van der Waals surface area contributed by atoms with E-state index >= 15 is 0 Å². The molecule has 0 atom stereocenters. The zero-order valence-electron chi connectivity index (χ0n) is 15.4. The molecule has 0 heterocycles. The lowest BCUT2D eigenvalue weighted by molar-refractivity contribution is -0.141. The van der Waals surface area contributed by atoms with E-state index in [-0.39, 0.29) is 11.3 Å². The molecule has 0 bridgehead atoms. The second-order valence-electron chi connectivity index (χ2n) is 6.22. The lowest BCUT2D eigenvalue weighted by atomic mass is 10.0. The molecule has 0 fully saturated rings. The van der Waals surface area contributed by atoms with Gasteiger partial charge < -0.3 is 10.1 Å². The Balaban J connectivity index is 1.47. The number of hydrogen-bond donors (Lipinski definition) is 1. The van der Waals surface area contributed by atoms with E-state index in [1.165, 1.54) is 18.2 Å². The highest BCUT2D eigenvalue weighted by Crippen LogP contribution is 2.19. The number of halogens is 1. The molecule has 3 rings (SSSR count). The van der Waals surface area contributed by atoms with E-state index < -0.39 is 30.8 Å². The van der Waals surface area contributed by atoms with Gasteiger partial charge in [0.25, 0.3) is 5.91 Å². The van der Waals surface area contributed by atoms with Crippen LogP contribution in [0.5, 0.6) is 0 Å². The summed E-state index contributed by atoms with van der Waals surface area (Å²) in [5.74, 6) is -2.27. The normalized spacial score (nSPS) is 10.2. The van der Waals surface area contributed by atoms with Gasteiger partial charge in [-0.25, -0.2) is 4.39 Å². The minimum atomic E-state index is -0.760. The Kier molecular flexibility index (Phi) is 6.47. The van der Waals surface area contributed by atoms with Gasteiger partial charge in [0.1, 0.15) is 12.4 Å². The Labute approximate surface area is 167 Å². The molecule has 6 heteroatoms. The minimum Gasteiger partial charge on any atom is -0.456 e. The molecule has 29 heavy (non-hydrogen) atoms. The van der Waals surface area contributed by atoms with Gasteiger partial charge in [-0.1, -0.05) is 60.7 Å². The third-order valence-electron chi connectivity index (χ3n) is 4.16. The summed E-state index contributed by atoms with van der Waals surface area (Å²) < 4.78 is 18.0. The maximum Gasteiger partial charge on any atom is 0.325 e. The van der Waals surface area contributed by atoms with Crippen molar-refractivity contribution in [1.29, 1.82) is 0 Å². The molecular formula is C23H18FNO4. The van der Waals surface area contributed by atoms with Crippen LogP contribution < -0.4 is 5.32 Å². The van der Waals surface area contributed by atoms with E-state index in [9.17, 15) is 18.8 Å². The number of hydrogen-bond acceptors (Lipinski definition) is 4. The molecule has 1 amide bonds. The summed E-state index contributed by atoms with van der Waals surface area (Å²) in [6, 6.07) is 21.8. The Bertz CT molecular complexity index is 1020. The largest absolute Gasteiger partial charge is 0.456 e. The molecule has 3 aromatic carbocycles. The van der Waals surface area contributed by atoms with Crippen LogP contribution in [0.2, 0.25) is 0 Å². The third-order valence-corrected chi connectivity index (χ3v) is 4.16. The van der Waals surface area contributed by atoms with Crippen molar-refractivity contribution in [2.24, 2.45) is 0 Å². The molecule has 0 saturated carbocycles. The van der Waals surface area contributed by atoms with Gasteiger partial charge in [0.15, 0.2) is 12.4 Å². The lowest BCUT2D eigenvalue weighted by Gasteiger charge is -2.07. The zero-order chi connectivity index (χ0) is 20.6. The third kappa shape index (κ3) is 5.59. The maximum atomic E-state index is 13.1. The second kappa shape index (κ2) is 9.41. The Morgan fingerprint density at radius 3 is 2.17 bits per heavy atom. The van der Waals surface area contributed by atoms with Crippen molar-refractivity contribution >= 4 is 17.7 Å². The second-order valence-corrected chi connectivity index (χ2v) is 6.22. The molecule has 0 aliphatic heterocycles. The predicted octanol–water partition coefficient (Wildman–Crippen LogP) is 3.65. The Hall–Kier alpha value is -3.80. The van der Waals surface area contributed by atoms with Gasteiger partial charge in [-0.15, -0.1) is 0 Å². The number of esters is 1. The molecule has 0 unspecified atom stereocenters. The number of benzene rings is 3. The quantitative estimate of drug-likeness (QED) is 0.493. The average Bonchev–Trinajstić information content (AvgIpc) is 2.76. The van der Waals surface area contributed by atoms with Crippen molar-refractivity contribution in [1.82, 2.24) is 5.32 Å². The summed E-state index contributed by atoms with van der Waals surface area (Å²) in [5.41, 5.74) is 2.51. The molecule has 5 nitrogen and oxygen atoms in total. The van der Waals surface area contributed by atoms with Gasteiger partial charge in [-0.05, 0) is 29.3 Å². The number of ether oxygens (including phenoxy) is 1. The number of amides is 1. The van der Waals surface area contributed by atoms with Gasteiger partial charge in [0, 0.05) is 11.1 Å². The van der Waals surface area contributed by atoms with Crippen molar-refractivity contribution in [3.63, 3.8) is 0 Å². The highest BCUT2D eigenvalue weighted by molar-refractivity contribution is 5.99. The topological polar surface area (TPSA) is 72.5 Å². The summed E-state index contributed by atoms with van der Waals surface area (Å²) in [6.45, 7) is -0.852. The first-order chi connectivity index (χ1) is 14.0. The maximum absolute atomic E-state index is 13.1. The number of carbonyl (C=O) groups excluding carboxylic acids is 3. The van der Waals surface area contributed by atoms with Crippen LogP contribution in [0, 0.1) is 5.82 Å². The van der Waals surface area contributed by atoms with E-state index in [2.05, 4.69) is 5.32 Å². The Morgan fingerprint density at radius 2 is 1.48 bits per heavy atom. The van der Waals surface area contributed by atoms with Crippen LogP contribution in [0.25, 0.3) is 11.1 Å². The highest BCUT2D eigenvalue weighted by Gasteiger charge is 2.12. The summed E-state index contributed by atoms with van der Waals surface area (Å²) in [6.07, 6.45) is 0. The summed E-state index contributed by atoms with van der Waals surface area (Å²) in [5, 5.41) is 2.32. The van der Waals surface area contributed by atoms with Crippen LogP contribution in [-0.4, -0.2) is 30.8 Å². The number of Topliss-reactive ketones (excluding diaryl/α,β-unsaturated/α-hetero) is 1. The number of nitrogens with one attached hydrogen (secondary N) is 1. The first kappa shape index (κ1) is 19.9. The molecule has 146 valence electrons. The van der Waals surface area contributed by atoms with Crippen molar-refractivity contribution in [2.75, 3.05) is 13.2 Å². The van der Waals surface area contributed by atoms with Crippen molar-refractivity contribution < 1.29 is 23.5 Å². The van der Waals surface area contributed by atoms with Crippen molar-refractivity contribution in [3.05, 3.63) is 95.8 Å². The highest BCUT2D eigenvalue weighted by atomic mass is 19.1. The van der Waals surface area contributed by atoms with Gasteiger partial charge in [0.05, 0.1) is 0 Å². The van der Waals surface area contributed by atoms with Gasteiger partial charge >= 0.3 is 5.97 Å². The predicted molar refractivity (Wildman–Crippen MR) is 106 cm³/mol. The summed E-state index contributed by atoms with van der Waals surface area (Å²) in [4.78, 5) is 35.8. The van der Waals surface area contributed by atoms with Gasteiger partial charge in [-0.2, -0.15) is 0 Å². The van der Waals surface area contributed by atoms with Crippen molar-refractivity contribution in [3.8, 4) is 11.1 Å². The van der Waals surface area contributed by atoms with Crippen LogP contribution in [0.1, 0.15) is 20.7 Å². The zero-order valence-corrected chi connectivity index (χ0v) is 15.4. The summed E-state index contributed by atoms with van der Waals surface area (Å²) in [7, 11) is 0. The number of carbonyl (C=O) groups is 3. The van der Waals surface area contributed by atoms with E-state index in [0.717, 1.165) is 17.2 Å². The number of rotatable bonds is 7. The van der Waals surface area contributed by atoms with Crippen LogP contribution in [-0.2, 0) is 9.53 Å². The van der Waals surface area contributed by atoms with Gasteiger partial charge in [-0.3, -0.25) is 14.4 Å². The first-order valence-corrected chi connectivity index (χ1v) is 8.91. The Morgan fingerprint density at radius 1 is 0.793 bits per heavy atom. The fraction of sp³-hybridized carbons (Fsp3) is 0.0870. The molecule has 1 N–H and O–H groups in total. The van der Waals surface area contributed by atoms with Crippen LogP contribution in [0.3, 0.4) is 0 Å². The fourth-order valence-electron chi connectivity index (χ4n) is 2.64. The molecule has 0 aromatic heterocycles. The molecule has 0 aliphatic carbocycles. The van der Waals surface area contributed by atoms with Crippen LogP contribution in [0.4, 0.5) is 4.39 Å².